The van der Waals surface area contributed by atoms with Crippen molar-refractivity contribution in [3.63, 3.8) is 0 Å². The van der Waals surface area contributed by atoms with Crippen LogP contribution in [-0.2, 0) is 0 Å². The van der Waals surface area contributed by atoms with Crippen LogP contribution in [0.5, 0.6) is 0 Å². The number of nitrogens with zero attached hydrogens (tertiary/aromatic N) is 2. The van der Waals surface area contributed by atoms with Crippen molar-refractivity contribution in [3.8, 4) is 0 Å². The maximum atomic E-state index is 13.4. The second-order valence-corrected chi connectivity index (χ2v) is 4.48. The summed E-state index contributed by atoms with van der Waals surface area (Å²) >= 11 is 4.28. The smallest absolute Gasteiger partial charge is 0.261 e. The Morgan fingerprint density at radius 2 is 2.31 bits per heavy atom. The quantitative estimate of drug-likeness (QED) is 0.928. The summed E-state index contributed by atoms with van der Waals surface area (Å²) < 4.78 is 13.8. The van der Waals surface area contributed by atoms with Gasteiger partial charge in [-0.3, -0.25) is 10.1 Å². The summed E-state index contributed by atoms with van der Waals surface area (Å²) in [5, 5.41) is 9.99. The molecule has 2 rings (SSSR count). The Morgan fingerprint density at radius 1 is 1.50 bits per heavy atom. The topological polar surface area (TPSA) is 54.9 Å². The molecule has 4 nitrogen and oxygen atoms in total. The molecule has 0 aliphatic carbocycles. The van der Waals surface area contributed by atoms with Gasteiger partial charge in [0.15, 0.2) is 0 Å². The van der Waals surface area contributed by atoms with Gasteiger partial charge in [-0.1, -0.05) is 17.4 Å². The summed E-state index contributed by atoms with van der Waals surface area (Å²) in [5.41, 5.74) is 1.43. The van der Waals surface area contributed by atoms with Crippen LogP contribution in [0.1, 0.15) is 10.4 Å². The van der Waals surface area contributed by atoms with Gasteiger partial charge in [0.05, 0.1) is 5.56 Å². The van der Waals surface area contributed by atoms with Crippen LogP contribution in [0.2, 0.25) is 0 Å². The monoisotopic (exact) mass is 301 g/mol. The van der Waals surface area contributed by atoms with E-state index in [4.69, 9.17) is 0 Å². The number of rotatable bonds is 2. The maximum absolute atomic E-state index is 13.4. The summed E-state index contributed by atoms with van der Waals surface area (Å²) in [7, 11) is 0. The van der Waals surface area contributed by atoms with Crippen LogP contribution < -0.4 is 5.32 Å². The predicted octanol–water partition coefficient (Wildman–Crippen LogP) is 2.69. The molecule has 0 fully saturated rings. The molecule has 0 saturated carbocycles. The van der Waals surface area contributed by atoms with Crippen molar-refractivity contribution in [1.82, 2.24) is 10.2 Å². The second kappa shape index (κ2) is 4.67. The Balaban J connectivity index is 2.28. The second-order valence-electron chi connectivity index (χ2n) is 2.79. The fourth-order valence-corrected chi connectivity index (χ4v) is 2.06. The Labute approximate surface area is 103 Å². The lowest BCUT2D eigenvalue weighted by atomic mass is 10.2. The van der Waals surface area contributed by atoms with Gasteiger partial charge >= 0.3 is 0 Å². The Kier molecular flexibility index (Phi) is 3.25. The van der Waals surface area contributed by atoms with E-state index in [-0.39, 0.29) is 5.56 Å². The number of halogens is 2. The predicted molar refractivity (Wildman–Crippen MR) is 62.0 cm³/mol. The van der Waals surface area contributed by atoms with E-state index in [0.29, 0.717) is 9.60 Å². The molecule has 0 saturated heterocycles. The number of hydrogen-bond acceptors (Lipinski definition) is 4. The van der Waals surface area contributed by atoms with E-state index in [2.05, 4.69) is 31.4 Å². The molecule has 1 heterocycles. The Morgan fingerprint density at radius 3 is 2.94 bits per heavy atom. The molecule has 1 aromatic carbocycles. The number of nitrogens with one attached hydrogen (secondary N) is 1. The van der Waals surface area contributed by atoms with Crippen LogP contribution in [0.25, 0.3) is 0 Å². The first-order valence-corrected chi connectivity index (χ1v) is 5.87. The van der Waals surface area contributed by atoms with E-state index in [0.717, 1.165) is 0 Å². The van der Waals surface area contributed by atoms with E-state index in [1.807, 2.05) is 0 Å². The minimum absolute atomic E-state index is 0.0438. The third kappa shape index (κ3) is 2.25. The summed E-state index contributed by atoms with van der Waals surface area (Å²) in [5.74, 6) is -1.14. The molecular formula is C9H5BrFN3OS. The number of aromatic nitrogens is 2. The summed E-state index contributed by atoms with van der Waals surface area (Å²) in [4.78, 5) is 11.7. The minimum atomic E-state index is -0.587. The van der Waals surface area contributed by atoms with Gasteiger partial charge in [0, 0.05) is 4.47 Å². The van der Waals surface area contributed by atoms with E-state index < -0.39 is 11.7 Å². The molecule has 0 bridgehead atoms. The zero-order valence-corrected chi connectivity index (χ0v) is 10.2. The third-order valence-electron chi connectivity index (χ3n) is 1.77. The van der Waals surface area contributed by atoms with Gasteiger partial charge in [0.25, 0.3) is 5.91 Å². The minimum Gasteiger partial charge on any atom is -0.296 e. The molecule has 0 spiro atoms. The molecule has 1 aromatic heterocycles. The molecular weight excluding hydrogens is 297 g/mol. The number of benzene rings is 1. The molecule has 0 radical (unpaired) electrons. The van der Waals surface area contributed by atoms with Crippen LogP contribution in [0.15, 0.2) is 28.2 Å². The van der Waals surface area contributed by atoms with Gasteiger partial charge in [-0.05, 0) is 28.1 Å². The Bertz CT molecular complexity index is 497. The van der Waals surface area contributed by atoms with Gasteiger partial charge in [-0.25, -0.2) is 4.39 Å². The van der Waals surface area contributed by atoms with E-state index >= 15 is 0 Å². The highest BCUT2D eigenvalue weighted by atomic mass is 79.9. The molecule has 7 heteroatoms. The number of anilines is 1. The van der Waals surface area contributed by atoms with Crippen molar-refractivity contribution in [2.24, 2.45) is 0 Å². The lowest BCUT2D eigenvalue weighted by Gasteiger charge is -2.04. The molecule has 2 aromatic rings. The van der Waals surface area contributed by atoms with Crippen molar-refractivity contribution in [2.45, 2.75) is 0 Å². The highest BCUT2D eigenvalue weighted by Gasteiger charge is 2.16. The lowest BCUT2D eigenvalue weighted by molar-refractivity contribution is 0.102. The summed E-state index contributed by atoms with van der Waals surface area (Å²) in [6.45, 7) is 0. The number of hydrogen-bond donors (Lipinski definition) is 1. The van der Waals surface area contributed by atoms with Crippen LogP contribution >= 0.6 is 27.3 Å². The maximum Gasteiger partial charge on any atom is 0.261 e. The van der Waals surface area contributed by atoms with Crippen LogP contribution in [0.3, 0.4) is 0 Å². The molecule has 0 atom stereocenters. The van der Waals surface area contributed by atoms with Gasteiger partial charge in [0.1, 0.15) is 11.3 Å². The van der Waals surface area contributed by atoms with Gasteiger partial charge < -0.3 is 0 Å². The molecule has 0 aliphatic rings. The van der Waals surface area contributed by atoms with E-state index in [9.17, 15) is 9.18 Å². The molecule has 0 unspecified atom stereocenters. The molecule has 16 heavy (non-hydrogen) atoms. The first-order chi connectivity index (χ1) is 7.68. The number of amides is 1. The van der Waals surface area contributed by atoms with Crippen molar-refractivity contribution in [2.75, 3.05) is 5.32 Å². The zero-order chi connectivity index (χ0) is 11.5. The SMILES string of the molecule is O=C(Nc1nncs1)c1c(F)cccc1Br. The van der Waals surface area contributed by atoms with Crippen molar-refractivity contribution in [1.29, 1.82) is 0 Å². The first-order valence-electron chi connectivity index (χ1n) is 4.20. The Hall–Kier alpha value is -1.34. The average molecular weight is 302 g/mol. The van der Waals surface area contributed by atoms with Crippen molar-refractivity contribution >= 4 is 38.3 Å². The number of carbonyl (C=O) groups is 1. The fraction of sp³-hybridized carbons (Fsp3) is 0. The molecule has 82 valence electrons. The van der Waals surface area contributed by atoms with Gasteiger partial charge in [-0.15, -0.1) is 10.2 Å². The normalized spacial score (nSPS) is 10.1. The van der Waals surface area contributed by atoms with Crippen molar-refractivity contribution < 1.29 is 9.18 Å². The highest BCUT2D eigenvalue weighted by molar-refractivity contribution is 9.10. The van der Waals surface area contributed by atoms with Crippen LogP contribution in [-0.4, -0.2) is 16.1 Å². The van der Waals surface area contributed by atoms with Crippen LogP contribution in [0, 0.1) is 5.82 Å². The fourth-order valence-electron chi connectivity index (χ4n) is 1.10. The van der Waals surface area contributed by atoms with Crippen LogP contribution in [0.4, 0.5) is 9.52 Å². The average Bonchev–Trinajstić information content (AvgIpc) is 2.70. The highest BCUT2D eigenvalue weighted by Crippen LogP contribution is 2.21. The molecule has 1 amide bonds. The summed E-state index contributed by atoms with van der Waals surface area (Å²) in [6.07, 6.45) is 0. The van der Waals surface area contributed by atoms with Gasteiger partial charge in [0.2, 0.25) is 5.13 Å². The standard InChI is InChI=1S/C9H5BrFN3OS/c10-5-2-1-3-6(11)7(5)8(15)13-9-14-12-4-16-9/h1-4H,(H,13,14,15). The zero-order valence-electron chi connectivity index (χ0n) is 7.78. The summed E-state index contributed by atoms with van der Waals surface area (Å²) in [6, 6.07) is 4.33. The third-order valence-corrected chi connectivity index (χ3v) is 3.04. The van der Waals surface area contributed by atoms with E-state index in [1.54, 1.807) is 6.07 Å². The first kappa shape index (κ1) is 11.2. The largest absolute Gasteiger partial charge is 0.296 e. The lowest BCUT2D eigenvalue weighted by Crippen LogP contribution is -2.14. The molecule has 1 N–H and O–H groups in total. The van der Waals surface area contributed by atoms with E-state index in [1.165, 1.54) is 29.0 Å². The van der Waals surface area contributed by atoms with Gasteiger partial charge in [-0.2, -0.15) is 0 Å². The molecule has 0 aliphatic heterocycles. The number of carbonyl (C=O) groups excluding carboxylic acids is 1. The van der Waals surface area contributed by atoms with Crippen molar-refractivity contribution in [3.05, 3.63) is 39.6 Å².